The first-order valence-corrected chi connectivity index (χ1v) is 5.62. The van der Waals surface area contributed by atoms with Crippen LogP contribution in [0.1, 0.15) is 0 Å². The van der Waals surface area contributed by atoms with Gasteiger partial charge in [-0.15, -0.1) is 0 Å². The summed E-state index contributed by atoms with van der Waals surface area (Å²) in [5, 5.41) is 11.7. The molecule has 0 aliphatic carbocycles. The molecule has 1 atom stereocenters. The SMILES string of the molecule is CNC(CN(C)c1ccc2c(c1)OCO2)C(=O)O. The van der Waals surface area contributed by atoms with Crippen LogP contribution in [0.15, 0.2) is 18.2 Å². The van der Waals surface area contributed by atoms with Gasteiger partial charge in [-0.25, -0.2) is 0 Å². The predicted octanol–water partition coefficient (Wildman–Crippen LogP) is 0.524. The Morgan fingerprint density at radius 2 is 2.22 bits per heavy atom. The van der Waals surface area contributed by atoms with Crippen LogP contribution in [-0.2, 0) is 4.79 Å². The summed E-state index contributed by atoms with van der Waals surface area (Å²) in [5.41, 5.74) is 0.890. The van der Waals surface area contributed by atoms with Crippen LogP contribution in [0.5, 0.6) is 11.5 Å². The molecule has 98 valence electrons. The highest BCUT2D eigenvalue weighted by atomic mass is 16.7. The van der Waals surface area contributed by atoms with Crippen molar-refractivity contribution in [2.24, 2.45) is 0 Å². The summed E-state index contributed by atoms with van der Waals surface area (Å²) in [5.74, 6) is 0.538. The summed E-state index contributed by atoms with van der Waals surface area (Å²) >= 11 is 0. The van der Waals surface area contributed by atoms with Crippen LogP contribution in [0, 0.1) is 0 Å². The molecular weight excluding hydrogens is 236 g/mol. The molecule has 0 amide bonds. The van der Waals surface area contributed by atoms with Crippen molar-refractivity contribution < 1.29 is 19.4 Å². The minimum absolute atomic E-state index is 0.233. The number of benzene rings is 1. The number of ether oxygens (including phenoxy) is 2. The van der Waals surface area contributed by atoms with E-state index in [0.29, 0.717) is 12.3 Å². The van der Waals surface area contributed by atoms with E-state index >= 15 is 0 Å². The fraction of sp³-hybridized carbons (Fsp3) is 0.417. The Morgan fingerprint density at radius 1 is 1.50 bits per heavy atom. The summed E-state index contributed by atoms with van der Waals surface area (Å²) in [6.07, 6.45) is 0. The Bertz CT molecular complexity index is 450. The summed E-state index contributed by atoms with van der Waals surface area (Å²) < 4.78 is 10.5. The molecule has 0 spiro atoms. The molecule has 18 heavy (non-hydrogen) atoms. The van der Waals surface area contributed by atoms with Gasteiger partial charge in [0.25, 0.3) is 0 Å². The normalized spacial score (nSPS) is 14.3. The van der Waals surface area contributed by atoms with Gasteiger partial charge in [-0.05, 0) is 19.2 Å². The molecule has 1 unspecified atom stereocenters. The van der Waals surface area contributed by atoms with Gasteiger partial charge in [-0.3, -0.25) is 4.79 Å². The summed E-state index contributed by atoms with van der Waals surface area (Å²) in [4.78, 5) is 12.8. The zero-order valence-corrected chi connectivity index (χ0v) is 10.3. The number of carbonyl (C=O) groups is 1. The fourth-order valence-corrected chi connectivity index (χ4v) is 1.79. The summed E-state index contributed by atoms with van der Waals surface area (Å²) in [7, 11) is 3.47. The Morgan fingerprint density at radius 3 is 2.89 bits per heavy atom. The molecule has 6 nitrogen and oxygen atoms in total. The predicted molar refractivity (Wildman–Crippen MR) is 66.3 cm³/mol. The van der Waals surface area contributed by atoms with E-state index in [9.17, 15) is 4.79 Å². The number of carboxylic acids is 1. The molecular formula is C12H16N2O4. The van der Waals surface area contributed by atoms with Gasteiger partial charge in [0.2, 0.25) is 6.79 Å². The smallest absolute Gasteiger partial charge is 0.322 e. The molecule has 0 saturated heterocycles. The molecule has 1 aliphatic heterocycles. The first-order chi connectivity index (χ1) is 8.61. The Kier molecular flexibility index (Phi) is 3.57. The highest BCUT2D eigenvalue weighted by Gasteiger charge is 2.19. The lowest BCUT2D eigenvalue weighted by atomic mass is 10.2. The molecule has 2 N–H and O–H groups in total. The van der Waals surface area contributed by atoms with E-state index in [4.69, 9.17) is 14.6 Å². The van der Waals surface area contributed by atoms with Crippen LogP contribution >= 0.6 is 0 Å². The highest BCUT2D eigenvalue weighted by molar-refractivity contribution is 5.74. The minimum atomic E-state index is -0.870. The Hall–Kier alpha value is -1.95. The molecule has 0 fully saturated rings. The topological polar surface area (TPSA) is 71.0 Å². The van der Waals surface area contributed by atoms with Crippen molar-refractivity contribution in [3.05, 3.63) is 18.2 Å². The lowest BCUT2D eigenvalue weighted by Crippen LogP contribution is -2.43. The Labute approximate surface area is 105 Å². The van der Waals surface area contributed by atoms with Gasteiger partial charge in [-0.1, -0.05) is 0 Å². The molecule has 0 saturated carbocycles. The van der Waals surface area contributed by atoms with E-state index in [0.717, 1.165) is 11.4 Å². The maximum Gasteiger partial charge on any atom is 0.322 e. The van der Waals surface area contributed by atoms with Gasteiger partial charge in [0.1, 0.15) is 6.04 Å². The molecule has 1 heterocycles. The molecule has 0 radical (unpaired) electrons. The average Bonchev–Trinajstić information content (AvgIpc) is 2.82. The molecule has 0 aromatic heterocycles. The standard InChI is InChI=1S/C12H16N2O4/c1-13-9(12(15)16)6-14(2)8-3-4-10-11(5-8)18-7-17-10/h3-5,9,13H,6-7H2,1-2H3,(H,15,16). The van der Waals surface area contributed by atoms with E-state index < -0.39 is 12.0 Å². The fourth-order valence-electron chi connectivity index (χ4n) is 1.79. The van der Waals surface area contributed by atoms with Crippen molar-refractivity contribution in [2.45, 2.75) is 6.04 Å². The molecule has 6 heteroatoms. The number of fused-ring (bicyclic) bond motifs is 1. The average molecular weight is 252 g/mol. The second-order valence-electron chi connectivity index (χ2n) is 4.10. The van der Waals surface area contributed by atoms with E-state index in [-0.39, 0.29) is 6.79 Å². The van der Waals surface area contributed by atoms with E-state index in [1.165, 1.54) is 0 Å². The molecule has 1 aliphatic rings. The first-order valence-electron chi connectivity index (χ1n) is 5.62. The highest BCUT2D eigenvalue weighted by Crippen LogP contribution is 2.35. The van der Waals surface area contributed by atoms with E-state index in [1.54, 1.807) is 7.05 Å². The van der Waals surface area contributed by atoms with Crippen LogP contribution in [0.2, 0.25) is 0 Å². The second kappa shape index (κ2) is 5.14. The van der Waals surface area contributed by atoms with Crippen molar-refractivity contribution in [1.29, 1.82) is 0 Å². The third-order valence-electron chi connectivity index (χ3n) is 2.90. The van der Waals surface area contributed by atoms with Crippen LogP contribution in [0.4, 0.5) is 5.69 Å². The van der Waals surface area contributed by atoms with E-state index in [2.05, 4.69) is 5.32 Å². The van der Waals surface area contributed by atoms with Gasteiger partial charge < -0.3 is 24.8 Å². The van der Waals surface area contributed by atoms with Gasteiger partial charge >= 0.3 is 5.97 Å². The lowest BCUT2D eigenvalue weighted by Gasteiger charge is -2.23. The quantitative estimate of drug-likeness (QED) is 0.796. The minimum Gasteiger partial charge on any atom is -0.480 e. The van der Waals surface area contributed by atoms with Crippen LogP contribution in [0.3, 0.4) is 0 Å². The monoisotopic (exact) mass is 252 g/mol. The third kappa shape index (κ3) is 2.48. The zero-order valence-electron chi connectivity index (χ0n) is 10.3. The van der Waals surface area contributed by atoms with E-state index in [1.807, 2.05) is 30.1 Å². The zero-order chi connectivity index (χ0) is 13.1. The summed E-state index contributed by atoms with van der Waals surface area (Å²) in [6, 6.07) is 4.93. The molecule has 1 aromatic rings. The van der Waals surface area contributed by atoms with Gasteiger partial charge in [0, 0.05) is 25.3 Å². The molecule has 0 bridgehead atoms. The molecule has 2 rings (SSSR count). The second-order valence-corrected chi connectivity index (χ2v) is 4.10. The number of nitrogens with one attached hydrogen (secondary N) is 1. The lowest BCUT2D eigenvalue weighted by molar-refractivity contribution is -0.139. The van der Waals surface area contributed by atoms with Crippen LogP contribution in [0.25, 0.3) is 0 Å². The molecule has 1 aromatic carbocycles. The number of carboxylic acid groups (broad SMARTS) is 1. The number of nitrogens with zero attached hydrogens (tertiary/aromatic N) is 1. The largest absolute Gasteiger partial charge is 0.480 e. The number of hydrogen-bond acceptors (Lipinski definition) is 5. The third-order valence-corrected chi connectivity index (χ3v) is 2.90. The maximum atomic E-state index is 11.0. The van der Waals surface area contributed by atoms with Crippen molar-refractivity contribution in [3.8, 4) is 11.5 Å². The van der Waals surface area contributed by atoms with Gasteiger partial charge in [-0.2, -0.15) is 0 Å². The maximum absolute atomic E-state index is 11.0. The first kappa shape index (κ1) is 12.5. The van der Waals surface area contributed by atoms with Crippen molar-refractivity contribution >= 4 is 11.7 Å². The van der Waals surface area contributed by atoms with Gasteiger partial charge in [0.15, 0.2) is 11.5 Å². The van der Waals surface area contributed by atoms with Crippen LogP contribution < -0.4 is 19.7 Å². The van der Waals surface area contributed by atoms with Crippen LogP contribution in [-0.4, -0.2) is 44.6 Å². The Balaban J connectivity index is 2.09. The van der Waals surface area contributed by atoms with Crippen molar-refractivity contribution in [1.82, 2.24) is 5.32 Å². The number of hydrogen-bond donors (Lipinski definition) is 2. The number of anilines is 1. The van der Waals surface area contributed by atoms with Crippen molar-refractivity contribution in [2.75, 3.05) is 32.3 Å². The number of aliphatic carboxylic acids is 1. The van der Waals surface area contributed by atoms with Crippen molar-refractivity contribution in [3.63, 3.8) is 0 Å². The summed E-state index contributed by atoms with van der Waals surface area (Å²) in [6.45, 7) is 0.599. The van der Waals surface area contributed by atoms with Gasteiger partial charge in [0.05, 0.1) is 0 Å². The number of rotatable bonds is 5. The number of likely N-dealkylation sites (N-methyl/N-ethyl adjacent to an activating group) is 2.